The van der Waals surface area contributed by atoms with E-state index in [4.69, 9.17) is 4.74 Å². The zero-order valence-corrected chi connectivity index (χ0v) is 13.3. The lowest BCUT2D eigenvalue weighted by molar-refractivity contribution is -0.163. The fraction of sp³-hybridized carbons (Fsp3) is 0.438. The van der Waals surface area contributed by atoms with E-state index >= 15 is 0 Å². The van der Waals surface area contributed by atoms with E-state index in [0.29, 0.717) is 17.7 Å². The number of ether oxygens (including phenoxy) is 1. The third kappa shape index (κ3) is 4.42. The first-order valence-electron chi connectivity index (χ1n) is 7.23. The van der Waals surface area contributed by atoms with Gasteiger partial charge in [-0.15, -0.1) is 0 Å². The molecular weight excluding hydrogens is 302 g/mol. The van der Waals surface area contributed by atoms with Crippen LogP contribution in [0.4, 0.5) is 0 Å². The van der Waals surface area contributed by atoms with Gasteiger partial charge in [0.05, 0.1) is 6.42 Å². The summed E-state index contributed by atoms with van der Waals surface area (Å²) in [4.78, 5) is 35.4. The molecule has 1 aliphatic rings. The van der Waals surface area contributed by atoms with Gasteiger partial charge in [-0.05, 0) is 26.3 Å². The molecule has 0 bridgehead atoms. The number of benzene rings is 1. The summed E-state index contributed by atoms with van der Waals surface area (Å²) in [5.41, 5.74) is -0.164. The van der Waals surface area contributed by atoms with Crippen LogP contribution in [-0.4, -0.2) is 34.9 Å². The second-order valence-electron chi connectivity index (χ2n) is 5.38. The largest absolute Gasteiger partial charge is 0.392 e. The Morgan fingerprint density at radius 1 is 1.27 bits per heavy atom. The molecule has 0 amide bonds. The van der Waals surface area contributed by atoms with Crippen LogP contribution in [0.25, 0.3) is 0 Å². The standard InChI is InChI=1S/C16H19NO4S/c1-16(9-5-10-17-16)15(20)21-13(18)8-11-22-14(19)12-6-3-2-4-7-12/h2-4,6-7,17H,5,8-11H2,1H3/t16-/m0/s1. The monoisotopic (exact) mass is 321 g/mol. The zero-order chi connectivity index (χ0) is 16.0. The Morgan fingerprint density at radius 2 is 2.00 bits per heavy atom. The van der Waals surface area contributed by atoms with E-state index in [0.717, 1.165) is 24.7 Å². The van der Waals surface area contributed by atoms with Crippen LogP contribution in [0.3, 0.4) is 0 Å². The van der Waals surface area contributed by atoms with Crippen LogP contribution in [0.5, 0.6) is 0 Å². The van der Waals surface area contributed by atoms with E-state index in [9.17, 15) is 14.4 Å². The van der Waals surface area contributed by atoms with Gasteiger partial charge in [0.25, 0.3) is 0 Å². The van der Waals surface area contributed by atoms with Gasteiger partial charge < -0.3 is 10.1 Å². The Labute approximate surface area is 133 Å². The topological polar surface area (TPSA) is 72.5 Å². The summed E-state index contributed by atoms with van der Waals surface area (Å²) in [6, 6.07) is 8.86. The summed E-state index contributed by atoms with van der Waals surface area (Å²) in [7, 11) is 0. The minimum Gasteiger partial charge on any atom is -0.392 e. The van der Waals surface area contributed by atoms with Gasteiger partial charge in [-0.25, -0.2) is 4.79 Å². The van der Waals surface area contributed by atoms with E-state index in [-0.39, 0.29) is 11.5 Å². The van der Waals surface area contributed by atoms with E-state index in [1.54, 1.807) is 31.2 Å². The summed E-state index contributed by atoms with van der Waals surface area (Å²) in [6.07, 6.45) is 1.59. The van der Waals surface area contributed by atoms with Gasteiger partial charge in [-0.2, -0.15) is 0 Å². The average molecular weight is 321 g/mol. The molecule has 1 aromatic carbocycles. The minimum atomic E-state index is -0.761. The number of carbonyl (C=O) groups is 3. The molecule has 1 aromatic rings. The predicted octanol–water partition coefficient (Wildman–Crippen LogP) is 2.16. The maximum atomic E-state index is 11.9. The first kappa shape index (κ1) is 16.7. The number of carbonyl (C=O) groups excluding carboxylic acids is 3. The lowest BCUT2D eigenvalue weighted by atomic mass is 10.0. The Balaban J connectivity index is 1.72. The van der Waals surface area contributed by atoms with Crippen LogP contribution in [-0.2, 0) is 14.3 Å². The third-order valence-corrected chi connectivity index (χ3v) is 4.48. The second kappa shape index (κ2) is 7.56. The summed E-state index contributed by atoms with van der Waals surface area (Å²) in [5, 5.41) is 2.95. The van der Waals surface area contributed by atoms with Gasteiger partial charge in [-0.1, -0.05) is 42.1 Å². The molecule has 1 aliphatic heterocycles. The molecule has 1 saturated heterocycles. The van der Waals surface area contributed by atoms with E-state index in [1.807, 2.05) is 6.07 Å². The fourth-order valence-electron chi connectivity index (χ4n) is 2.22. The maximum absolute atomic E-state index is 11.9. The summed E-state index contributed by atoms with van der Waals surface area (Å²) < 4.78 is 4.86. The Kier molecular flexibility index (Phi) is 5.74. The quantitative estimate of drug-likeness (QED) is 0.662. The van der Waals surface area contributed by atoms with Crippen molar-refractivity contribution in [3.8, 4) is 0 Å². The van der Waals surface area contributed by atoms with Gasteiger partial charge in [0.1, 0.15) is 5.54 Å². The zero-order valence-electron chi connectivity index (χ0n) is 12.5. The van der Waals surface area contributed by atoms with Gasteiger partial charge >= 0.3 is 11.9 Å². The molecule has 1 atom stereocenters. The number of rotatable bonds is 5. The highest BCUT2D eigenvalue weighted by Gasteiger charge is 2.38. The number of nitrogens with one attached hydrogen (secondary N) is 1. The number of hydrogen-bond acceptors (Lipinski definition) is 6. The summed E-state index contributed by atoms with van der Waals surface area (Å²) in [6.45, 7) is 2.49. The van der Waals surface area contributed by atoms with Crippen molar-refractivity contribution in [2.45, 2.75) is 31.7 Å². The van der Waals surface area contributed by atoms with Gasteiger partial charge in [0.2, 0.25) is 5.12 Å². The van der Waals surface area contributed by atoms with Crippen molar-refractivity contribution in [2.24, 2.45) is 0 Å². The van der Waals surface area contributed by atoms with Gasteiger partial charge in [0.15, 0.2) is 0 Å². The molecule has 1 heterocycles. The summed E-state index contributed by atoms with van der Waals surface area (Å²) in [5.74, 6) is -0.827. The fourth-order valence-corrected chi connectivity index (χ4v) is 2.98. The van der Waals surface area contributed by atoms with Crippen molar-refractivity contribution < 1.29 is 19.1 Å². The number of esters is 2. The molecule has 0 aliphatic carbocycles. The van der Waals surface area contributed by atoms with Crippen LogP contribution in [0.15, 0.2) is 30.3 Å². The second-order valence-corrected chi connectivity index (χ2v) is 6.44. The van der Waals surface area contributed by atoms with Crippen molar-refractivity contribution in [3.63, 3.8) is 0 Å². The average Bonchev–Trinajstić information content (AvgIpc) is 2.96. The van der Waals surface area contributed by atoms with Crippen molar-refractivity contribution in [3.05, 3.63) is 35.9 Å². The first-order valence-corrected chi connectivity index (χ1v) is 8.22. The molecule has 0 radical (unpaired) electrons. The van der Waals surface area contributed by atoms with E-state index < -0.39 is 17.5 Å². The molecular formula is C16H19NO4S. The number of thioether (sulfide) groups is 1. The normalized spacial score (nSPS) is 20.6. The van der Waals surface area contributed by atoms with Crippen molar-refractivity contribution in [1.29, 1.82) is 0 Å². The van der Waals surface area contributed by atoms with Crippen LogP contribution in [0.2, 0.25) is 0 Å². The Morgan fingerprint density at radius 3 is 2.64 bits per heavy atom. The summed E-state index contributed by atoms with van der Waals surface area (Å²) >= 11 is 1.05. The lowest BCUT2D eigenvalue weighted by Crippen LogP contribution is -2.46. The third-order valence-electron chi connectivity index (χ3n) is 3.57. The molecule has 0 aromatic heterocycles. The van der Waals surface area contributed by atoms with Gasteiger partial charge in [-0.3, -0.25) is 9.59 Å². The minimum absolute atomic E-state index is 0.0328. The van der Waals surface area contributed by atoms with E-state index in [1.165, 1.54) is 0 Å². The van der Waals surface area contributed by atoms with Crippen LogP contribution < -0.4 is 5.32 Å². The molecule has 0 spiro atoms. The molecule has 1 fully saturated rings. The van der Waals surface area contributed by atoms with Crippen molar-refractivity contribution in [1.82, 2.24) is 5.32 Å². The first-order chi connectivity index (χ1) is 10.5. The molecule has 22 heavy (non-hydrogen) atoms. The van der Waals surface area contributed by atoms with Crippen LogP contribution in [0, 0.1) is 0 Å². The molecule has 1 N–H and O–H groups in total. The maximum Gasteiger partial charge on any atom is 0.333 e. The highest BCUT2D eigenvalue weighted by molar-refractivity contribution is 8.14. The highest BCUT2D eigenvalue weighted by atomic mass is 32.2. The SMILES string of the molecule is C[C@@]1(C(=O)OC(=O)CCSC(=O)c2ccccc2)CCCN1. The molecule has 2 rings (SSSR count). The van der Waals surface area contributed by atoms with E-state index in [2.05, 4.69) is 5.32 Å². The Hall–Kier alpha value is -1.66. The van der Waals surface area contributed by atoms with Crippen LogP contribution in [0.1, 0.15) is 36.5 Å². The molecule has 0 unspecified atom stereocenters. The van der Waals surface area contributed by atoms with Gasteiger partial charge in [0, 0.05) is 11.3 Å². The number of hydrogen-bond donors (Lipinski definition) is 1. The lowest BCUT2D eigenvalue weighted by Gasteiger charge is -2.20. The molecule has 0 saturated carbocycles. The molecule has 118 valence electrons. The predicted molar refractivity (Wildman–Crippen MR) is 84.6 cm³/mol. The smallest absolute Gasteiger partial charge is 0.333 e. The Bertz CT molecular complexity index is 553. The van der Waals surface area contributed by atoms with Crippen LogP contribution >= 0.6 is 11.8 Å². The van der Waals surface area contributed by atoms with Crippen molar-refractivity contribution >= 4 is 28.8 Å². The molecule has 5 nitrogen and oxygen atoms in total. The molecule has 6 heteroatoms. The van der Waals surface area contributed by atoms with Crippen molar-refractivity contribution in [2.75, 3.05) is 12.3 Å². The highest BCUT2D eigenvalue weighted by Crippen LogP contribution is 2.20.